The molecule has 2 aromatic rings. The molecule has 1 fully saturated rings. The fraction of sp³-hybridized carbons (Fsp3) is 0.368. The second-order valence-electron chi connectivity index (χ2n) is 6.55. The lowest BCUT2D eigenvalue weighted by molar-refractivity contribution is -0.122. The standard InChI is InChI=1S/C19H22N4O2/c1-13-6-5-7-14(2)16(13)22-18(25)19(8-3-4-9-19)23-17(24)15-12-20-10-11-21-15/h5-7,10-12H,3-4,8-9H2,1-2H3,(H,22,25)(H,23,24). The van der Waals surface area contributed by atoms with Gasteiger partial charge in [-0.25, -0.2) is 4.98 Å². The Bertz CT molecular complexity index is 763. The summed E-state index contributed by atoms with van der Waals surface area (Å²) in [5.41, 5.74) is 2.13. The van der Waals surface area contributed by atoms with Gasteiger partial charge in [-0.2, -0.15) is 0 Å². The van der Waals surface area contributed by atoms with Crippen LogP contribution in [0.5, 0.6) is 0 Å². The molecule has 0 aliphatic heterocycles. The van der Waals surface area contributed by atoms with Crippen molar-refractivity contribution in [3.05, 3.63) is 53.6 Å². The molecular weight excluding hydrogens is 316 g/mol. The van der Waals surface area contributed by atoms with Gasteiger partial charge in [-0.3, -0.25) is 14.6 Å². The van der Waals surface area contributed by atoms with E-state index in [2.05, 4.69) is 20.6 Å². The third-order valence-electron chi connectivity index (χ3n) is 4.76. The molecule has 1 saturated carbocycles. The van der Waals surface area contributed by atoms with Crippen LogP contribution in [0.2, 0.25) is 0 Å². The van der Waals surface area contributed by atoms with Gasteiger partial charge in [0, 0.05) is 18.1 Å². The minimum absolute atomic E-state index is 0.167. The first-order valence-electron chi connectivity index (χ1n) is 8.48. The molecule has 130 valence electrons. The van der Waals surface area contributed by atoms with E-state index in [-0.39, 0.29) is 17.5 Å². The Morgan fingerprint density at radius 2 is 1.76 bits per heavy atom. The summed E-state index contributed by atoms with van der Waals surface area (Å²) in [6, 6.07) is 5.88. The number of nitrogens with one attached hydrogen (secondary N) is 2. The van der Waals surface area contributed by atoms with E-state index in [4.69, 9.17) is 0 Å². The van der Waals surface area contributed by atoms with Crippen molar-refractivity contribution in [2.45, 2.75) is 45.1 Å². The van der Waals surface area contributed by atoms with Gasteiger partial charge >= 0.3 is 0 Å². The molecule has 1 aliphatic carbocycles. The maximum absolute atomic E-state index is 13.0. The lowest BCUT2D eigenvalue weighted by Gasteiger charge is -2.29. The van der Waals surface area contributed by atoms with E-state index in [9.17, 15) is 9.59 Å². The maximum Gasteiger partial charge on any atom is 0.272 e. The van der Waals surface area contributed by atoms with E-state index in [1.54, 1.807) is 0 Å². The molecule has 2 amide bonds. The number of para-hydroxylation sites is 1. The molecular formula is C19H22N4O2. The van der Waals surface area contributed by atoms with Crippen molar-refractivity contribution in [2.75, 3.05) is 5.32 Å². The number of benzene rings is 1. The molecule has 0 saturated heterocycles. The van der Waals surface area contributed by atoms with Gasteiger partial charge in [0.1, 0.15) is 11.2 Å². The summed E-state index contributed by atoms with van der Waals surface area (Å²) in [6.07, 6.45) is 7.43. The summed E-state index contributed by atoms with van der Waals surface area (Å²) in [5.74, 6) is -0.536. The normalized spacial score (nSPS) is 15.6. The zero-order valence-electron chi connectivity index (χ0n) is 14.5. The van der Waals surface area contributed by atoms with Crippen molar-refractivity contribution < 1.29 is 9.59 Å². The molecule has 0 unspecified atom stereocenters. The van der Waals surface area contributed by atoms with Crippen molar-refractivity contribution in [3.63, 3.8) is 0 Å². The van der Waals surface area contributed by atoms with Crippen molar-refractivity contribution >= 4 is 17.5 Å². The Hall–Kier alpha value is -2.76. The molecule has 6 nitrogen and oxygen atoms in total. The van der Waals surface area contributed by atoms with Crippen LogP contribution in [-0.4, -0.2) is 27.3 Å². The summed E-state index contributed by atoms with van der Waals surface area (Å²) >= 11 is 0. The quantitative estimate of drug-likeness (QED) is 0.898. The number of hydrogen-bond acceptors (Lipinski definition) is 4. The molecule has 1 aromatic carbocycles. The molecule has 3 rings (SSSR count). The van der Waals surface area contributed by atoms with Gasteiger partial charge in [0.2, 0.25) is 5.91 Å². The monoisotopic (exact) mass is 338 g/mol. The molecule has 0 spiro atoms. The topological polar surface area (TPSA) is 84.0 Å². The minimum Gasteiger partial charge on any atom is -0.336 e. The highest BCUT2D eigenvalue weighted by Crippen LogP contribution is 2.32. The fourth-order valence-electron chi connectivity index (χ4n) is 3.33. The third kappa shape index (κ3) is 3.52. The van der Waals surface area contributed by atoms with Crippen LogP contribution in [0.1, 0.15) is 47.3 Å². The van der Waals surface area contributed by atoms with Gasteiger partial charge in [0.15, 0.2) is 0 Å². The van der Waals surface area contributed by atoms with E-state index in [0.29, 0.717) is 12.8 Å². The number of anilines is 1. The number of amides is 2. The highest BCUT2D eigenvalue weighted by Gasteiger charge is 2.43. The Morgan fingerprint density at radius 3 is 2.36 bits per heavy atom. The Labute approximate surface area is 147 Å². The second kappa shape index (κ2) is 7.01. The Kier molecular flexibility index (Phi) is 4.79. The predicted molar refractivity (Wildman–Crippen MR) is 95.2 cm³/mol. The molecule has 1 aromatic heterocycles. The molecule has 0 bridgehead atoms. The van der Waals surface area contributed by atoms with Crippen LogP contribution < -0.4 is 10.6 Å². The minimum atomic E-state index is -0.899. The van der Waals surface area contributed by atoms with Crippen LogP contribution >= 0.6 is 0 Å². The molecule has 1 heterocycles. The number of carbonyl (C=O) groups is 2. The second-order valence-corrected chi connectivity index (χ2v) is 6.55. The first-order chi connectivity index (χ1) is 12.0. The number of nitrogens with zero attached hydrogens (tertiary/aromatic N) is 2. The fourth-order valence-corrected chi connectivity index (χ4v) is 3.33. The summed E-state index contributed by atoms with van der Waals surface area (Å²) in [5, 5.41) is 5.94. The molecule has 0 atom stereocenters. The molecule has 1 aliphatic rings. The lowest BCUT2D eigenvalue weighted by Crippen LogP contribution is -2.55. The largest absolute Gasteiger partial charge is 0.336 e. The summed E-state index contributed by atoms with van der Waals surface area (Å²) in [4.78, 5) is 33.5. The van der Waals surface area contributed by atoms with Crippen LogP contribution in [0, 0.1) is 13.8 Å². The smallest absolute Gasteiger partial charge is 0.272 e. The van der Waals surface area contributed by atoms with Gasteiger partial charge in [0.25, 0.3) is 5.91 Å². The molecule has 6 heteroatoms. The molecule has 25 heavy (non-hydrogen) atoms. The summed E-state index contributed by atoms with van der Waals surface area (Å²) in [7, 11) is 0. The first kappa shape index (κ1) is 17.1. The third-order valence-corrected chi connectivity index (χ3v) is 4.76. The molecule has 2 N–H and O–H groups in total. The first-order valence-corrected chi connectivity index (χ1v) is 8.48. The maximum atomic E-state index is 13.0. The number of aryl methyl sites for hydroxylation is 2. The van der Waals surface area contributed by atoms with Crippen LogP contribution in [0.25, 0.3) is 0 Å². The summed E-state index contributed by atoms with van der Waals surface area (Å²) in [6.45, 7) is 3.92. The van der Waals surface area contributed by atoms with Crippen LogP contribution in [-0.2, 0) is 4.79 Å². The van der Waals surface area contributed by atoms with Crippen molar-refractivity contribution in [1.29, 1.82) is 0 Å². The Morgan fingerprint density at radius 1 is 1.08 bits per heavy atom. The van der Waals surface area contributed by atoms with E-state index < -0.39 is 5.54 Å². The Balaban J connectivity index is 1.82. The lowest BCUT2D eigenvalue weighted by atomic mass is 9.95. The van der Waals surface area contributed by atoms with Crippen LogP contribution in [0.4, 0.5) is 5.69 Å². The highest BCUT2D eigenvalue weighted by atomic mass is 16.2. The average Bonchev–Trinajstić information content (AvgIpc) is 3.08. The van der Waals surface area contributed by atoms with Gasteiger partial charge in [-0.1, -0.05) is 31.0 Å². The zero-order valence-corrected chi connectivity index (χ0v) is 14.5. The molecule has 0 radical (unpaired) electrons. The van der Waals surface area contributed by atoms with Gasteiger partial charge < -0.3 is 10.6 Å². The average molecular weight is 338 g/mol. The number of rotatable bonds is 4. The van der Waals surface area contributed by atoms with Crippen LogP contribution in [0.3, 0.4) is 0 Å². The van der Waals surface area contributed by atoms with E-state index >= 15 is 0 Å². The van der Waals surface area contributed by atoms with Crippen molar-refractivity contribution in [2.24, 2.45) is 0 Å². The van der Waals surface area contributed by atoms with E-state index in [1.807, 2.05) is 32.0 Å². The number of carbonyl (C=O) groups excluding carboxylic acids is 2. The van der Waals surface area contributed by atoms with E-state index in [1.165, 1.54) is 18.6 Å². The highest BCUT2D eigenvalue weighted by molar-refractivity contribution is 6.03. The summed E-state index contributed by atoms with van der Waals surface area (Å²) < 4.78 is 0. The van der Waals surface area contributed by atoms with Crippen molar-refractivity contribution in [1.82, 2.24) is 15.3 Å². The van der Waals surface area contributed by atoms with Gasteiger partial charge in [0.05, 0.1) is 6.20 Å². The number of aromatic nitrogens is 2. The van der Waals surface area contributed by atoms with Gasteiger partial charge in [-0.05, 0) is 37.8 Å². The number of hydrogen-bond donors (Lipinski definition) is 2. The van der Waals surface area contributed by atoms with Crippen LogP contribution in [0.15, 0.2) is 36.8 Å². The van der Waals surface area contributed by atoms with E-state index in [0.717, 1.165) is 29.7 Å². The zero-order chi connectivity index (χ0) is 17.9. The van der Waals surface area contributed by atoms with Crippen molar-refractivity contribution in [3.8, 4) is 0 Å². The van der Waals surface area contributed by atoms with Gasteiger partial charge in [-0.15, -0.1) is 0 Å². The predicted octanol–water partition coefficient (Wildman–Crippen LogP) is 2.77. The SMILES string of the molecule is Cc1cccc(C)c1NC(=O)C1(NC(=O)c2cnccn2)CCCC1.